The molecule has 0 fully saturated rings. The van der Waals surface area contributed by atoms with Crippen LogP contribution in [0.2, 0.25) is 5.02 Å². The molecule has 2 aromatic heterocycles. The maximum absolute atomic E-state index is 12.9. The van der Waals surface area contributed by atoms with Gasteiger partial charge in [0.1, 0.15) is 6.54 Å². The van der Waals surface area contributed by atoms with Crippen molar-refractivity contribution in [1.29, 1.82) is 0 Å². The molecule has 8 nitrogen and oxygen atoms in total. The van der Waals surface area contributed by atoms with Crippen molar-refractivity contribution in [3.8, 4) is 0 Å². The number of tetrazole rings is 1. The number of carbonyl (C=O) groups excluding carboxylic acids is 1. The lowest BCUT2D eigenvalue weighted by Crippen LogP contribution is -2.38. The summed E-state index contributed by atoms with van der Waals surface area (Å²) in [6, 6.07) is 6.19. The van der Waals surface area contributed by atoms with E-state index >= 15 is 0 Å². The minimum atomic E-state index is 0.0165. The highest BCUT2D eigenvalue weighted by atomic mass is 35.5. The minimum Gasteiger partial charge on any atom is -0.358 e. The molecule has 3 aromatic rings. The van der Waals surface area contributed by atoms with Crippen LogP contribution in [-0.4, -0.2) is 60.5 Å². The van der Waals surface area contributed by atoms with Gasteiger partial charge in [-0.2, -0.15) is 0 Å². The van der Waals surface area contributed by atoms with E-state index in [0.29, 0.717) is 36.5 Å². The molecule has 1 N–H and O–H groups in total. The average Bonchev–Trinajstić information content (AvgIpc) is 3.25. The van der Waals surface area contributed by atoms with E-state index in [2.05, 4.69) is 39.3 Å². The first kappa shape index (κ1) is 18.9. The second kappa shape index (κ2) is 7.52. The Morgan fingerprint density at radius 3 is 3.00 bits per heavy atom. The van der Waals surface area contributed by atoms with Crippen LogP contribution in [0.5, 0.6) is 0 Å². The number of nitrogens with zero attached hydrogens (tertiary/aromatic N) is 6. The summed E-state index contributed by atoms with van der Waals surface area (Å²) in [5, 5.41) is 13.6. The van der Waals surface area contributed by atoms with E-state index in [9.17, 15) is 4.79 Å². The summed E-state index contributed by atoms with van der Waals surface area (Å²) >= 11 is 6.17. The molecule has 0 spiro atoms. The van der Waals surface area contributed by atoms with E-state index in [1.165, 1.54) is 5.69 Å². The zero-order chi connectivity index (χ0) is 19.8. The molecule has 0 saturated carbocycles. The lowest BCUT2D eigenvalue weighted by atomic mass is 10.0. The molecule has 0 unspecified atom stereocenters. The van der Waals surface area contributed by atoms with Crippen LogP contribution in [0.4, 0.5) is 0 Å². The minimum absolute atomic E-state index is 0.0165. The fraction of sp³-hybridized carbons (Fsp3) is 0.474. The van der Waals surface area contributed by atoms with E-state index in [4.69, 9.17) is 11.6 Å². The molecular weight excluding hydrogens is 378 g/mol. The summed E-state index contributed by atoms with van der Waals surface area (Å²) in [5.41, 5.74) is 3.39. The molecule has 4 rings (SSSR count). The number of fused-ring (bicyclic) bond motifs is 3. The first-order chi connectivity index (χ1) is 13.4. The van der Waals surface area contributed by atoms with Gasteiger partial charge in [-0.15, -0.1) is 5.10 Å². The molecule has 1 amide bonds. The second-order valence-electron chi connectivity index (χ2n) is 7.60. The van der Waals surface area contributed by atoms with Gasteiger partial charge in [-0.25, -0.2) is 4.68 Å². The lowest BCUT2D eigenvalue weighted by Gasteiger charge is -2.27. The highest BCUT2D eigenvalue weighted by Crippen LogP contribution is 2.29. The number of benzene rings is 1. The van der Waals surface area contributed by atoms with Gasteiger partial charge in [0.05, 0.1) is 6.54 Å². The SMILES string of the molecule is CC(C)N(C)Cc1nnnn1CC(=O)N1CCc2[nH]c3ccc(Cl)cc3c2C1. The molecule has 1 aliphatic rings. The van der Waals surface area contributed by atoms with E-state index < -0.39 is 0 Å². The molecular formula is C19H24ClN7O. The molecule has 0 bridgehead atoms. The quantitative estimate of drug-likeness (QED) is 0.708. The van der Waals surface area contributed by atoms with Crippen molar-refractivity contribution in [3.63, 3.8) is 0 Å². The zero-order valence-corrected chi connectivity index (χ0v) is 17.1. The van der Waals surface area contributed by atoms with Crippen LogP contribution in [0.15, 0.2) is 18.2 Å². The molecule has 0 atom stereocenters. The monoisotopic (exact) mass is 401 g/mol. The third kappa shape index (κ3) is 3.62. The largest absolute Gasteiger partial charge is 0.358 e. The summed E-state index contributed by atoms with van der Waals surface area (Å²) in [5.74, 6) is 0.712. The standard InChI is InChI=1S/C19H24ClN7O/c1-12(2)25(3)10-18-22-23-24-27(18)11-19(28)26-7-6-17-15(9-26)14-8-13(20)4-5-16(14)21-17/h4-5,8,12,21H,6-7,9-11H2,1-3H3. The van der Waals surface area contributed by atoms with Gasteiger partial charge in [0, 0.05) is 52.7 Å². The number of halogens is 1. The second-order valence-corrected chi connectivity index (χ2v) is 8.04. The average molecular weight is 402 g/mol. The predicted molar refractivity (Wildman–Crippen MR) is 107 cm³/mol. The van der Waals surface area contributed by atoms with Crippen LogP contribution in [0.3, 0.4) is 0 Å². The smallest absolute Gasteiger partial charge is 0.244 e. The van der Waals surface area contributed by atoms with Crippen molar-refractivity contribution >= 4 is 28.4 Å². The highest BCUT2D eigenvalue weighted by molar-refractivity contribution is 6.31. The van der Waals surface area contributed by atoms with Crippen molar-refractivity contribution in [3.05, 3.63) is 40.3 Å². The number of nitrogens with one attached hydrogen (secondary N) is 1. The Balaban J connectivity index is 1.50. The lowest BCUT2D eigenvalue weighted by molar-refractivity contribution is -0.133. The van der Waals surface area contributed by atoms with Crippen molar-refractivity contribution in [2.45, 2.75) is 45.9 Å². The Bertz CT molecular complexity index is 1010. The number of hydrogen-bond donors (Lipinski definition) is 1. The van der Waals surface area contributed by atoms with Gasteiger partial charge in [0.2, 0.25) is 5.91 Å². The van der Waals surface area contributed by atoms with Gasteiger partial charge in [-0.05, 0) is 49.5 Å². The number of H-pyrrole nitrogens is 1. The third-order valence-corrected chi connectivity index (χ3v) is 5.69. The van der Waals surface area contributed by atoms with E-state index in [0.717, 1.165) is 22.9 Å². The topological polar surface area (TPSA) is 82.9 Å². The Labute approximate surface area is 168 Å². The van der Waals surface area contributed by atoms with Gasteiger partial charge in [-0.1, -0.05) is 11.6 Å². The third-order valence-electron chi connectivity index (χ3n) is 5.45. The predicted octanol–water partition coefficient (Wildman–Crippen LogP) is 2.23. The normalized spacial score (nSPS) is 14.3. The fourth-order valence-corrected chi connectivity index (χ4v) is 3.66. The highest BCUT2D eigenvalue weighted by Gasteiger charge is 2.25. The Kier molecular flexibility index (Phi) is 5.07. The van der Waals surface area contributed by atoms with Crippen LogP contribution in [0.25, 0.3) is 10.9 Å². The summed E-state index contributed by atoms with van der Waals surface area (Å²) in [6.45, 7) is 6.21. The number of carbonyl (C=O) groups is 1. The van der Waals surface area contributed by atoms with Crippen LogP contribution < -0.4 is 0 Å². The molecule has 0 aliphatic carbocycles. The number of aromatic nitrogens is 5. The summed E-state index contributed by atoms with van der Waals surface area (Å²) < 4.78 is 1.60. The van der Waals surface area contributed by atoms with E-state index in [1.54, 1.807) is 4.68 Å². The number of hydrogen-bond acceptors (Lipinski definition) is 5. The number of rotatable bonds is 5. The maximum Gasteiger partial charge on any atom is 0.244 e. The summed E-state index contributed by atoms with van der Waals surface area (Å²) in [7, 11) is 2.01. The van der Waals surface area contributed by atoms with Gasteiger partial charge in [0.25, 0.3) is 0 Å². The van der Waals surface area contributed by atoms with Crippen molar-refractivity contribution < 1.29 is 4.79 Å². The first-order valence-corrected chi connectivity index (χ1v) is 9.82. The van der Waals surface area contributed by atoms with Crippen LogP contribution >= 0.6 is 11.6 Å². The Morgan fingerprint density at radius 2 is 2.21 bits per heavy atom. The zero-order valence-electron chi connectivity index (χ0n) is 16.3. The number of amides is 1. The first-order valence-electron chi connectivity index (χ1n) is 9.44. The van der Waals surface area contributed by atoms with Crippen molar-refractivity contribution in [1.82, 2.24) is 35.0 Å². The van der Waals surface area contributed by atoms with Crippen LogP contribution in [-0.2, 0) is 30.8 Å². The van der Waals surface area contributed by atoms with E-state index in [-0.39, 0.29) is 12.5 Å². The van der Waals surface area contributed by atoms with Gasteiger partial charge in [0.15, 0.2) is 5.82 Å². The molecule has 148 valence electrons. The van der Waals surface area contributed by atoms with Crippen LogP contribution in [0, 0.1) is 0 Å². The van der Waals surface area contributed by atoms with Crippen LogP contribution in [0.1, 0.15) is 30.9 Å². The molecule has 3 heterocycles. The van der Waals surface area contributed by atoms with Gasteiger partial charge < -0.3 is 9.88 Å². The molecule has 1 aromatic carbocycles. The van der Waals surface area contributed by atoms with Gasteiger partial charge in [-0.3, -0.25) is 9.69 Å². The molecule has 9 heteroatoms. The molecule has 0 saturated heterocycles. The summed E-state index contributed by atoms with van der Waals surface area (Å²) in [6.07, 6.45) is 0.798. The molecule has 1 aliphatic heterocycles. The Morgan fingerprint density at radius 1 is 1.39 bits per heavy atom. The van der Waals surface area contributed by atoms with Crippen molar-refractivity contribution in [2.24, 2.45) is 0 Å². The molecule has 0 radical (unpaired) electrons. The fourth-order valence-electron chi connectivity index (χ4n) is 3.49. The van der Waals surface area contributed by atoms with E-state index in [1.807, 2.05) is 30.1 Å². The Hall–Kier alpha value is -2.45. The summed E-state index contributed by atoms with van der Waals surface area (Å²) in [4.78, 5) is 20.4. The van der Waals surface area contributed by atoms with Crippen molar-refractivity contribution in [2.75, 3.05) is 13.6 Å². The molecule has 28 heavy (non-hydrogen) atoms. The maximum atomic E-state index is 12.9. The number of aromatic amines is 1. The van der Waals surface area contributed by atoms with Gasteiger partial charge >= 0.3 is 0 Å².